The highest BCUT2D eigenvalue weighted by Crippen LogP contribution is 2.42. The molecule has 4 rings (SSSR count). The molecule has 37 heavy (non-hydrogen) atoms. The Kier molecular flexibility index (Phi) is 7.24. The maximum absolute atomic E-state index is 13.5. The predicted molar refractivity (Wildman–Crippen MR) is 135 cm³/mol. The molecule has 1 N–H and O–H groups in total. The molecule has 2 aromatic carbocycles. The van der Waals surface area contributed by atoms with Gasteiger partial charge in [0.05, 0.1) is 28.7 Å². The van der Waals surface area contributed by atoms with Crippen LogP contribution in [0.4, 0.5) is 14.9 Å². The summed E-state index contributed by atoms with van der Waals surface area (Å²) in [6, 6.07) is 11.2. The minimum atomic E-state index is -1.02. The second-order valence-corrected chi connectivity index (χ2v) is 10.9. The third-order valence-electron chi connectivity index (χ3n) is 6.55. The third kappa shape index (κ3) is 5.91. The zero-order chi connectivity index (χ0) is 27.0. The van der Waals surface area contributed by atoms with E-state index in [1.807, 2.05) is 0 Å². The molecule has 2 heterocycles. The molecule has 2 aliphatic rings. The summed E-state index contributed by atoms with van der Waals surface area (Å²) >= 11 is 6.07. The summed E-state index contributed by atoms with van der Waals surface area (Å²) in [5.74, 6) is -0.705. The van der Waals surface area contributed by atoms with Crippen molar-refractivity contribution in [2.45, 2.75) is 51.7 Å². The standard InChI is InChI=1S/C27H29ClFN3O5/c1-26(2,3)37-25(35)32-15-23(36-22-12-19(28)21(33)13-20(22)32)24(34)31-10-8-27(16-30,9-11-31)14-17-4-6-18(29)7-5-17/h4-7,12-13,23,33H,8-11,14-15H2,1-3H3. The topological polar surface area (TPSA) is 103 Å². The van der Waals surface area contributed by atoms with E-state index >= 15 is 0 Å². The van der Waals surface area contributed by atoms with Crippen LogP contribution in [0.3, 0.4) is 0 Å². The molecular formula is C27H29ClFN3O5. The first-order valence-corrected chi connectivity index (χ1v) is 12.4. The van der Waals surface area contributed by atoms with Gasteiger partial charge in [-0.1, -0.05) is 23.7 Å². The lowest BCUT2D eigenvalue weighted by Crippen LogP contribution is -2.54. The first-order valence-electron chi connectivity index (χ1n) is 12.0. The number of benzene rings is 2. The molecule has 2 aromatic rings. The first-order chi connectivity index (χ1) is 17.4. The molecule has 2 aliphatic heterocycles. The molecule has 1 fully saturated rings. The maximum atomic E-state index is 13.5. The van der Waals surface area contributed by atoms with E-state index in [4.69, 9.17) is 21.1 Å². The summed E-state index contributed by atoms with van der Waals surface area (Å²) in [5.41, 5.74) is -0.325. The normalized spacial score (nSPS) is 18.9. The zero-order valence-corrected chi connectivity index (χ0v) is 21.7. The van der Waals surface area contributed by atoms with Crippen LogP contribution >= 0.6 is 11.6 Å². The van der Waals surface area contributed by atoms with Gasteiger partial charge in [0.15, 0.2) is 6.10 Å². The summed E-state index contributed by atoms with van der Waals surface area (Å²) in [6.45, 7) is 5.75. The number of fused-ring (bicyclic) bond motifs is 1. The second kappa shape index (κ2) is 10.1. The van der Waals surface area contributed by atoms with Crippen LogP contribution in [0.1, 0.15) is 39.2 Å². The van der Waals surface area contributed by atoms with Gasteiger partial charge < -0.3 is 19.5 Å². The highest BCUT2D eigenvalue weighted by molar-refractivity contribution is 6.32. The highest BCUT2D eigenvalue weighted by Gasteiger charge is 2.42. The van der Waals surface area contributed by atoms with Gasteiger partial charge in [-0.3, -0.25) is 9.69 Å². The number of ether oxygens (including phenoxy) is 2. The van der Waals surface area contributed by atoms with Gasteiger partial charge in [0, 0.05) is 25.2 Å². The molecule has 1 unspecified atom stereocenters. The molecular weight excluding hydrogens is 501 g/mol. The van der Waals surface area contributed by atoms with Crippen molar-refractivity contribution < 1.29 is 28.6 Å². The van der Waals surface area contributed by atoms with E-state index in [2.05, 4.69) is 6.07 Å². The van der Waals surface area contributed by atoms with Gasteiger partial charge >= 0.3 is 6.09 Å². The average Bonchev–Trinajstić information content (AvgIpc) is 2.84. The van der Waals surface area contributed by atoms with Crippen molar-refractivity contribution in [1.82, 2.24) is 4.90 Å². The third-order valence-corrected chi connectivity index (χ3v) is 6.85. The second-order valence-electron chi connectivity index (χ2n) is 10.5. The smallest absolute Gasteiger partial charge is 0.415 e. The Bertz CT molecular complexity index is 1230. The number of rotatable bonds is 3. The number of hydrogen-bond donors (Lipinski definition) is 1. The zero-order valence-electron chi connectivity index (χ0n) is 21.0. The molecule has 0 radical (unpaired) electrons. The van der Waals surface area contributed by atoms with Gasteiger partial charge in [-0.05, 0) is 57.7 Å². The SMILES string of the molecule is CC(C)(C)OC(=O)N1CC(C(=O)N2CCC(C#N)(Cc3ccc(F)cc3)CC2)Oc2cc(Cl)c(O)cc21. The molecule has 0 aliphatic carbocycles. The number of phenolic OH excluding ortho intramolecular Hbond substituents is 1. The van der Waals surface area contributed by atoms with Crippen LogP contribution in [0.2, 0.25) is 5.02 Å². The number of halogens is 2. The molecule has 10 heteroatoms. The number of piperidine rings is 1. The monoisotopic (exact) mass is 529 g/mol. The Morgan fingerprint density at radius 3 is 2.49 bits per heavy atom. The summed E-state index contributed by atoms with van der Waals surface area (Å²) in [4.78, 5) is 29.4. The number of aromatic hydroxyl groups is 1. The number of amides is 2. The summed E-state index contributed by atoms with van der Waals surface area (Å²) < 4.78 is 24.7. The summed E-state index contributed by atoms with van der Waals surface area (Å²) in [5, 5.41) is 20.0. The van der Waals surface area contributed by atoms with Crippen molar-refractivity contribution in [1.29, 1.82) is 5.26 Å². The number of nitriles is 1. The number of phenols is 1. The molecule has 196 valence electrons. The lowest BCUT2D eigenvalue weighted by atomic mass is 9.75. The van der Waals surface area contributed by atoms with Gasteiger partial charge in [0.25, 0.3) is 5.91 Å². The van der Waals surface area contributed by atoms with E-state index in [9.17, 15) is 24.3 Å². The fourth-order valence-electron chi connectivity index (χ4n) is 4.59. The largest absolute Gasteiger partial charge is 0.506 e. The molecule has 0 aromatic heterocycles. The van der Waals surface area contributed by atoms with Crippen LogP contribution in [0.25, 0.3) is 0 Å². The van der Waals surface area contributed by atoms with Crippen LogP contribution in [-0.2, 0) is 16.0 Å². The molecule has 1 saturated heterocycles. The van der Waals surface area contributed by atoms with E-state index in [-0.39, 0.29) is 40.5 Å². The lowest BCUT2D eigenvalue weighted by molar-refractivity contribution is -0.140. The van der Waals surface area contributed by atoms with Crippen LogP contribution in [0, 0.1) is 22.6 Å². The molecule has 0 spiro atoms. The van der Waals surface area contributed by atoms with Gasteiger partial charge in [-0.2, -0.15) is 5.26 Å². The molecule has 8 nitrogen and oxygen atoms in total. The Balaban J connectivity index is 1.50. The number of carbonyl (C=O) groups excluding carboxylic acids is 2. The van der Waals surface area contributed by atoms with Crippen molar-refractivity contribution in [3.8, 4) is 17.6 Å². The number of hydrogen-bond acceptors (Lipinski definition) is 6. The van der Waals surface area contributed by atoms with Crippen molar-refractivity contribution in [2.24, 2.45) is 5.41 Å². The van der Waals surface area contributed by atoms with Crippen molar-refractivity contribution in [3.63, 3.8) is 0 Å². The van der Waals surface area contributed by atoms with Gasteiger partial charge in [0.1, 0.15) is 22.9 Å². The van der Waals surface area contributed by atoms with E-state index < -0.39 is 23.2 Å². The fraction of sp³-hybridized carbons (Fsp3) is 0.444. The minimum Gasteiger partial charge on any atom is -0.506 e. The van der Waals surface area contributed by atoms with E-state index in [1.165, 1.54) is 29.2 Å². The Hall–Kier alpha value is -3.51. The average molecular weight is 530 g/mol. The van der Waals surface area contributed by atoms with Crippen molar-refractivity contribution >= 4 is 29.3 Å². The quantitative estimate of drug-likeness (QED) is 0.596. The fourth-order valence-corrected chi connectivity index (χ4v) is 4.74. The van der Waals surface area contributed by atoms with Crippen LogP contribution in [-0.4, -0.2) is 53.3 Å². The van der Waals surface area contributed by atoms with Crippen LogP contribution in [0.15, 0.2) is 36.4 Å². The molecule has 0 saturated carbocycles. The predicted octanol–water partition coefficient (Wildman–Crippen LogP) is 5.06. The number of nitrogens with zero attached hydrogens (tertiary/aromatic N) is 3. The number of likely N-dealkylation sites (tertiary alicyclic amines) is 1. The minimum absolute atomic E-state index is 0.0218. The molecule has 1 atom stereocenters. The number of anilines is 1. The highest BCUT2D eigenvalue weighted by atomic mass is 35.5. The van der Waals surface area contributed by atoms with Crippen molar-refractivity contribution in [3.05, 3.63) is 52.8 Å². The van der Waals surface area contributed by atoms with Gasteiger partial charge in [-0.15, -0.1) is 0 Å². The van der Waals surface area contributed by atoms with E-state index in [0.29, 0.717) is 32.4 Å². The summed E-state index contributed by atoms with van der Waals surface area (Å²) in [6.07, 6.45) is -0.338. The van der Waals surface area contributed by atoms with Crippen molar-refractivity contribution in [2.75, 3.05) is 24.5 Å². The Morgan fingerprint density at radius 1 is 1.24 bits per heavy atom. The van der Waals surface area contributed by atoms with Crippen LogP contribution < -0.4 is 9.64 Å². The Morgan fingerprint density at radius 2 is 1.89 bits per heavy atom. The molecule has 2 amide bonds. The van der Waals surface area contributed by atoms with E-state index in [0.717, 1.165) is 5.56 Å². The van der Waals surface area contributed by atoms with Crippen LogP contribution in [0.5, 0.6) is 11.5 Å². The first kappa shape index (κ1) is 26.6. The molecule has 0 bridgehead atoms. The van der Waals surface area contributed by atoms with E-state index in [1.54, 1.807) is 37.8 Å². The lowest BCUT2D eigenvalue weighted by Gasteiger charge is -2.41. The summed E-state index contributed by atoms with van der Waals surface area (Å²) in [7, 11) is 0. The van der Waals surface area contributed by atoms with Gasteiger partial charge in [-0.25, -0.2) is 9.18 Å². The van der Waals surface area contributed by atoms with Gasteiger partial charge in [0.2, 0.25) is 0 Å². The maximum Gasteiger partial charge on any atom is 0.415 e. The number of carbonyl (C=O) groups is 2. The Labute approximate surface area is 220 Å².